The summed E-state index contributed by atoms with van der Waals surface area (Å²) in [6.07, 6.45) is 8.04. The van der Waals surface area contributed by atoms with Crippen molar-refractivity contribution >= 4 is 11.9 Å². The van der Waals surface area contributed by atoms with Gasteiger partial charge in [0.1, 0.15) is 6.26 Å². The number of ether oxygens (including phenoxy) is 2. The Morgan fingerprint density at radius 1 is 1.15 bits per heavy atom. The van der Waals surface area contributed by atoms with Gasteiger partial charge in [0, 0.05) is 26.2 Å². The second-order valence-corrected chi connectivity index (χ2v) is 6.15. The molecule has 1 aromatic rings. The Labute approximate surface area is 156 Å². The Kier molecular flexibility index (Phi) is 11.4. The van der Waals surface area contributed by atoms with Crippen LogP contribution in [0.2, 0.25) is 0 Å². The summed E-state index contributed by atoms with van der Waals surface area (Å²) in [6.45, 7) is 6.20. The summed E-state index contributed by atoms with van der Waals surface area (Å²) in [5.41, 5.74) is 0.115. The first kappa shape index (κ1) is 22.2. The van der Waals surface area contributed by atoms with Crippen molar-refractivity contribution in [3.63, 3.8) is 0 Å². The van der Waals surface area contributed by atoms with E-state index >= 15 is 0 Å². The van der Waals surface area contributed by atoms with Crippen LogP contribution in [0.1, 0.15) is 75.2 Å². The number of nitrogens with zero attached hydrogens (tertiary/aromatic N) is 2. The normalized spacial score (nSPS) is 10.7. The van der Waals surface area contributed by atoms with Crippen molar-refractivity contribution in [1.82, 2.24) is 9.88 Å². The predicted molar refractivity (Wildman–Crippen MR) is 97.7 cm³/mol. The van der Waals surface area contributed by atoms with Gasteiger partial charge in [0.25, 0.3) is 0 Å². The zero-order valence-corrected chi connectivity index (χ0v) is 16.3. The SMILES string of the molecule is CCCCCCCC(=O)N(CCCOCC)Cc1nc(C(=O)OC)co1. The maximum absolute atomic E-state index is 12.6. The second-order valence-electron chi connectivity index (χ2n) is 6.15. The van der Waals surface area contributed by atoms with Crippen LogP contribution in [0.4, 0.5) is 0 Å². The lowest BCUT2D eigenvalue weighted by molar-refractivity contribution is -0.132. The lowest BCUT2D eigenvalue weighted by Gasteiger charge is -2.21. The van der Waals surface area contributed by atoms with Gasteiger partial charge < -0.3 is 18.8 Å². The number of oxazole rings is 1. The summed E-state index contributed by atoms with van der Waals surface area (Å²) in [5.74, 6) is -0.137. The van der Waals surface area contributed by atoms with E-state index < -0.39 is 5.97 Å². The lowest BCUT2D eigenvalue weighted by Crippen LogP contribution is -2.32. The molecule has 0 saturated heterocycles. The molecular weight excluding hydrogens is 336 g/mol. The van der Waals surface area contributed by atoms with Gasteiger partial charge in [-0.3, -0.25) is 4.79 Å². The first-order chi connectivity index (χ1) is 12.6. The number of carbonyl (C=O) groups excluding carboxylic acids is 2. The van der Waals surface area contributed by atoms with Gasteiger partial charge in [0.2, 0.25) is 11.8 Å². The minimum absolute atomic E-state index is 0.0795. The number of rotatable bonds is 14. The van der Waals surface area contributed by atoms with Gasteiger partial charge in [0.05, 0.1) is 13.7 Å². The summed E-state index contributed by atoms with van der Waals surface area (Å²) >= 11 is 0. The van der Waals surface area contributed by atoms with Crippen LogP contribution in [0.15, 0.2) is 10.7 Å². The van der Waals surface area contributed by atoms with Gasteiger partial charge >= 0.3 is 5.97 Å². The van der Waals surface area contributed by atoms with E-state index in [9.17, 15) is 9.59 Å². The zero-order valence-electron chi connectivity index (χ0n) is 16.3. The van der Waals surface area contributed by atoms with Gasteiger partial charge in [0.15, 0.2) is 5.69 Å². The number of aromatic nitrogens is 1. The quantitative estimate of drug-likeness (QED) is 0.369. The van der Waals surface area contributed by atoms with Gasteiger partial charge in [-0.25, -0.2) is 9.78 Å². The second kappa shape index (κ2) is 13.3. The van der Waals surface area contributed by atoms with Crippen LogP contribution in [0.25, 0.3) is 0 Å². The molecule has 7 nitrogen and oxygen atoms in total. The van der Waals surface area contributed by atoms with Crippen molar-refractivity contribution in [3.05, 3.63) is 17.8 Å². The molecule has 1 amide bonds. The molecule has 0 bridgehead atoms. The van der Waals surface area contributed by atoms with E-state index in [1.54, 1.807) is 4.90 Å². The predicted octanol–water partition coefficient (Wildman–Crippen LogP) is 3.58. The zero-order chi connectivity index (χ0) is 19.2. The van der Waals surface area contributed by atoms with Crippen LogP contribution < -0.4 is 0 Å². The Morgan fingerprint density at radius 2 is 1.92 bits per heavy atom. The highest BCUT2D eigenvalue weighted by atomic mass is 16.5. The van der Waals surface area contributed by atoms with E-state index in [1.807, 2.05) is 6.92 Å². The lowest BCUT2D eigenvalue weighted by atomic mass is 10.1. The van der Waals surface area contributed by atoms with Crippen molar-refractivity contribution in [2.75, 3.05) is 26.9 Å². The highest BCUT2D eigenvalue weighted by Crippen LogP contribution is 2.12. The monoisotopic (exact) mass is 368 g/mol. The maximum Gasteiger partial charge on any atom is 0.360 e. The average Bonchev–Trinajstić information content (AvgIpc) is 3.11. The number of methoxy groups -OCH3 is 1. The van der Waals surface area contributed by atoms with E-state index in [1.165, 1.54) is 26.2 Å². The summed E-state index contributed by atoms with van der Waals surface area (Å²) in [4.78, 5) is 29.9. The van der Waals surface area contributed by atoms with E-state index in [2.05, 4.69) is 16.6 Å². The van der Waals surface area contributed by atoms with Crippen LogP contribution in [-0.4, -0.2) is 48.6 Å². The van der Waals surface area contributed by atoms with E-state index in [0.717, 1.165) is 25.7 Å². The third-order valence-corrected chi connectivity index (χ3v) is 4.04. The van der Waals surface area contributed by atoms with Crippen molar-refractivity contribution < 1.29 is 23.5 Å². The molecule has 148 valence electrons. The minimum atomic E-state index is -0.551. The topological polar surface area (TPSA) is 81.9 Å². The number of hydrogen-bond donors (Lipinski definition) is 0. The van der Waals surface area contributed by atoms with E-state index in [4.69, 9.17) is 9.15 Å². The first-order valence-corrected chi connectivity index (χ1v) is 9.50. The van der Waals surface area contributed by atoms with Crippen molar-refractivity contribution in [1.29, 1.82) is 0 Å². The molecule has 0 atom stereocenters. The standard InChI is InChI=1S/C19H32N2O5/c1-4-6-7-8-9-11-18(22)21(12-10-13-25-5-2)14-17-20-16(15-26-17)19(23)24-3/h15H,4-14H2,1-3H3. The molecule has 0 saturated carbocycles. The molecule has 0 fully saturated rings. The fourth-order valence-electron chi connectivity index (χ4n) is 2.58. The summed E-state index contributed by atoms with van der Waals surface area (Å²) in [6, 6.07) is 0. The Bertz CT molecular complexity index is 530. The van der Waals surface area contributed by atoms with Crippen LogP contribution in [0.3, 0.4) is 0 Å². The van der Waals surface area contributed by atoms with Crippen molar-refractivity contribution in [2.24, 2.45) is 0 Å². The molecule has 0 aliphatic heterocycles. The Morgan fingerprint density at radius 3 is 2.62 bits per heavy atom. The van der Waals surface area contributed by atoms with E-state index in [0.29, 0.717) is 32.1 Å². The van der Waals surface area contributed by atoms with Gasteiger partial charge in [-0.05, 0) is 19.8 Å². The third-order valence-electron chi connectivity index (χ3n) is 4.04. The fraction of sp³-hybridized carbons (Fsp3) is 0.737. The molecule has 0 N–H and O–H groups in total. The van der Waals surface area contributed by atoms with Crippen LogP contribution >= 0.6 is 0 Å². The number of hydrogen-bond acceptors (Lipinski definition) is 6. The minimum Gasteiger partial charge on any atom is -0.464 e. The molecule has 0 aliphatic rings. The molecule has 0 aromatic carbocycles. The summed E-state index contributed by atoms with van der Waals surface area (Å²) in [7, 11) is 1.29. The molecule has 1 rings (SSSR count). The molecular formula is C19H32N2O5. The molecule has 7 heteroatoms. The highest BCUT2D eigenvalue weighted by molar-refractivity contribution is 5.86. The van der Waals surface area contributed by atoms with Crippen LogP contribution in [0.5, 0.6) is 0 Å². The van der Waals surface area contributed by atoms with Crippen molar-refractivity contribution in [2.45, 2.75) is 65.3 Å². The molecule has 1 heterocycles. The third kappa shape index (κ3) is 8.47. The molecule has 0 radical (unpaired) electrons. The Balaban J connectivity index is 2.57. The molecule has 0 spiro atoms. The Hall–Kier alpha value is -1.89. The maximum atomic E-state index is 12.6. The summed E-state index contributed by atoms with van der Waals surface area (Å²) in [5, 5.41) is 0. The molecule has 1 aromatic heterocycles. The fourth-order valence-corrected chi connectivity index (χ4v) is 2.58. The number of amides is 1. The van der Waals surface area contributed by atoms with Crippen LogP contribution in [0, 0.1) is 0 Å². The van der Waals surface area contributed by atoms with Gasteiger partial charge in [-0.15, -0.1) is 0 Å². The molecule has 26 heavy (non-hydrogen) atoms. The molecule has 0 aliphatic carbocycles. The van der Waals surface area contributed by atoms with E-state index in [-0.39, 0.29) is 18.1 Å². The smallest absolute Gasteiger partial charge is 0.360 e. The average molecular weight is 368 g/mol. The number of carbonyl (C=O) groups is 2. The van der Waals surface area contributed by atoms with Gasteiger partial charge in [-0.2, -0.15) is 0 Å². The first-order valence-electron chi connectivity index (χ1n) is 9.50. The molecule has 0 unspecified atom stereocenters. The number of unbranched alkanes of at least 4 members (excludes halogenated alkanes) is 4. The highest BCUT2D eigenvalue weighted by Gasteiger charge is 2.18. The largest absolute Gasteiger partial charge is 0.464 e. The number of esters is 1. The summed E-state index contributed by atoms with van der Waals surface area (Å²) < 4.78 is 15.3. The van der Waals surface area contributed by atoms with Crippen molar-refractivity contribution in [3.8, 4) is 0 Å². The van der Waals surface area contributed by atoms with Crippen LogP contribution in [-0.2, 0) is 20.8 Å². The van der Waals surface area contributed by atoms with Gasteiger partial charge in [-0.1, -0.05) is 32.6 Å².